The highest BCUT2D eigenvalue weighted by atomic mass is 19.4. The highest BCUT2D eigenvalue weighted by molar-refractivity contribution is 5.97. The molecule has 0 unspecified atom stereocenters. The first-order valence-corrected chi connectivity index (χ1v) is 10.4. The van der Waals surface area contributed by atoms with Crippen LogP contribution in [0.1, 0.15) is 29.5 Å². The maximum Gasteiger partial charge on any atom is 0.416 e. The van der Waals surface area contributed by atoms with E-state index in [1.54, 1.807) is 30.2 Å². The second kappa shape index (κ2) is 8.54. The molecule has 0 spiro atoms. The lowest BCUT2D eigenvalue weighted by atomic mass is 9.82. The molecule has 3 rings (SSSR count). The highest BCUT2D eigenvalue weighted by Gasteiger charge is 2.41. The molecule has 0 fully saturated rings. The van der Waals surface area contributed by atoms with Crippen LogP contribution in [-0.2, 0) is 17.4 Å². The number of benzene rings is 2. The number of carbonyl (C=O) groups is 1. The largest absolute Gasteiger partial charge is 0.497 e. The number of fused-ring (bicyclic) bond motifs is 1. The van der Waals surface area contributed by atoms with Crippen LogP contribution in [0, 0.1) is 5.92 Å². The average Bonchev–Trinajstić information content (AvgIpc) is 2.80. The monoisotopic (exact) mass is 435 g/mol. The van der Waals surface area contributed by atoms with E-state index in [1.807, 2.05) is 40.2 Å². The number of nitrogens with zero attached hydrogens (tertiary/aromatic N) is 2. The molecule has 168 valence electrons. The van der Waals surface area contributed by atoms with Gasteiger partial charge in [0.05, 0.1) is 46.9 Å². The van der Waals surface area contributed by atoms with Gasteiger partial charge in [-0.3, -0.25) is 4.79 Å². The molecular formula is C24H30F3N2O2+. The predicted octanol–water partition coefficient (Wildman–Crippen LogP) is 4.73. The minimum absolute atomic E-state index is 0.144. The van der Waals surface area contributed by atoms with E-state index in [9.17, 15) is 18.0 Å². The zero-order chi connectivity index (χ0) is 23.0. The van der Waals surface area contributed by atoms with Crippen molar-refractivity contribution in [3.63, 3.8) is 0 Å². The van der Waals surface area contributed by atoms with Crippen LogP contribution in [-0.4, -0.2) is 51.7 Å². The van der Waals surface area contributed by atoms with Crippen molar-refractivity contribution in [1.82, 2.24) is 0 Å². The summed E-state index contributed by atoms with van der Waals surface area (Å²) in [5, 5.41) is 0. The molecular weight excluding hydrogens is 405 g/mol. The Labute approximate surface area is 181 Å². The summed E-state index contributed by atoms with van der Waals surface area (Å²) in [7, 11) is 7.56. The van der Waals surface area contributed by atoms with Gasteiger partial charge in [-0.25, -0.2) is 0 Å². The van der Waals surface area contributed by atoms with Crippen LogP contribution >= 0.6 is 0 Å². The minimum Gasteiger partial charge on any atom is -0.497 e. The number of ether oxygens (including phenoxy) is 1. The van der Waals surface area contributed by atoms with Gasteiger partial charge in [-0.15, -0.1) is 0 Å². The molecule has 31 heavy (non-hydrogen) atoms. The second-order valence-electron chi connectivity index (χ2n) is 9.18. The van der Waals surface area contributed by atoms with Crippen molar-refractivity contribution < 1.29 is 27.2 Å². The van der Waals surface area contributed by atoms with Crippen molar-refractivity contribution in [3.8, 4) is 5.75 Å². The van der Waals surface area contributed by atoms with Crippen LogP contribution in [0.15, 0.2) is 42.5 Å². The lowest BCUT2D eigenvalue weighted by Gasteiger charge is -2.31. The normalized spacial score (nSPS) is 19.7. The minimum atomic E-state index is -4.49. The number of anilines is 1. The molecule has 4 nitrogen and oxygen atoms in total. The zero-order valence-corrected chi connectivity index (χ0v) is 18.7. The van der Waals surface area contributed by atoms with Crippen molar-refractivity contribution in [3.05, 3.63) is 59.2 Å². The van der Waals surface area contributed by atoms with Gasteiger partial charge in [-0.05, 0) is 47.7 Å². The Bertz CT molecular complexity index is 933. The van der Waals surface area contributed by atoms with E-state index in [0.29, 0.717) is 29.0 Å². The molecule has 0 radical (unpaired) electrons. The maximum atomic E-state index is 13.9. The van der Waals surface area contributed by atoms with Gasteiger partial charge in [0.25, 0.3) is 0 Å². The van der Waals surface area contributed by atoms with E-state index in [-0.39, 0.29) is 23.8 Å². The van der Waals surface area contributed by atoms with E-state index in [4.69, 9.17) is 4.74 Å². The number of alkyl halides is 3. The summed E-state index contributed by atoms with van der Waals surface area (Å²) < 4.78 is 47.5. The second-order valence-corrected chi connectivity index (χ2v) is 9.18. The van der Waals surface area contributed by atoms with Gasteiger partial charge in [-0.1, -0.05) is 25.1 Å². The van der Waals surface area contributed by atoms with Gasteiger partial charge in [0.15, 0.2) is 0 Å². The van der Waals surface area contributed by atoms with Crippen molar-refractivity contribution in [1.29, 1.82) is 0 Å². The smallest absolute Gasteiger partial charge is 0.416 e. The number of likely N-dealkylation sites (N-methyl/N-ethyl adjacent to an activating group) is 1. The SMILES string of the molecule is COc1ccc([C@H]2Cc3c(cccc3C(F)(F)F)N(CC[N+](C)(C)C)C(=O)[C@H]2C)cc1. The first-order chi connectivity index (χ1) is 14.4. The van der Waals surface area contributed by atoms with Crippen molar-refractivity contribution in [2.24, 2.45) is 5.92 Å². The molecule has 0 saturated heterocycles. The Balaban J connectivity index is 2.13. The molecule has 1 aliphatic rings. The van der Waals surface area contributed by atoms with E-state index in [1.165, 1.54) is 6.07 Å². The molecule has 2 aromatic rings. The molecule has 0 aromatic heterocycles. The van der Waals surface area contributed by atoms with Crippen LogP contribution in [0.3, 0.4) is 0 Å². The standard InChI is InChI=1S/C24H30F3N2O2/c1-16-19(17-9-11-18(31-5)12-10-17)15-20-21(24(25,26)27)7-6-8-22(20)28(23(16)30)13-14-29(2,3)4/h6-12,16,19H,13-15H2,1-5H3/q+1/t16-,19-/m0/s1. The topological polar surface area (TPSA) is 29.5 Å². The van der Waals surface area contributed by atoms with Gasteiger partial charge >= 0.3 is 6.18 Å². The molecule has 0 bridgehead atoms. The van der Waals surface area contributed by atoms with Crippen molar-refractivity contribution >= 4 is 11.6 Å². The first kappa shape index (κ1) is 23.1. The first-order valence-electron chi connectivity index (χ1n) is 10.4. The van der Waals surface area contributed by atoms with Crippen LogP contribution < -0.4 is 9.64 Å². The fraction of sp³-hybridized carbons (Fsp3) is 0.458. The molecule has 1 amide bonds. The Morgan fingerprint density at radius 2 is 1.74 bits per heavy atom. The zero-order valence-electron chi connectivity index (χ0n) is 18.7. The Hall–Kier alpha value is -2.54. The lowest BCUT2D eigenvalue weighted by molar-refractivity contribution is -0.868. The van der Waals surface area contributed by atoms with E-state index >= 15 is 0 Å². The number of rotatable bonds is 5. The highest BCUT2D eigenvalue weighted by Crippen LogP contribution is 2.43. The van der Waals surface area contributed by atoms with Gasteiger partial charge < -0.3 is 14.1 Å². The quantitative estimate of drug-likeness (QED) is 0.636. The molecule has 7 heteroatoms. The van der Waals surface area contributed by atoms with E-state index in [0.717, 1.165) is 11.6 Å². The summed E-state index contributed by atoms with van der Waals surface area (Å²) in [5.41, 5.74) is 0.727. The third kappa shape index (κ3) is 5.03. The fourth-order valence-electron chi connectivity index (χ4n) is 4.13. The summed E-state index contributed by atoms with van der Waals surface area (Å²) in [6.07, 6.45) is -4.34. The Morgan fingerprint density at radius 3 is 2.29 bits per heavy atom. The third-order valence-corrected chi connectivity index (χ3v) is 5.97. The molecule has 2 aromatic carbocycles. The summed E-state index contributed by atoms with van der Waals surface area (Å²) in [6, 6.07) is 11.4. The number of quaternary nitrogens is 1. The van der Waals surface area contributed by atoms with E-state index < -0.39 is 17.7 Å². The van der Waals surface area contributed by atoms with Gasteiger partial charge in [0.1, 0.15) is 5.75 Å². The summed E-state index contributed by atoms with van der Waals surface area (Å²) in [4.78, 5) is 15.1. The number of carbonyl (C=O) groups excluding carboxylic acids is 1. The number of amides is 1. The van der Waals surface area contributed by atoms with Gasteiger partial charge in [0.2, 0.25) is 5.91 Å². The number of hydrogen-bond donors (Lipinski definition) is 0. The van der Waals surface area contributed by atoms with Gasteiger partial charge in [0, 0.05) is 11.6 Å². The average molecular weight is 436 g/mol. The van der Waals surface area contributed by atoms with Crippen LogP contribution in [0.4, 0.5) is 18.9 Å². The van der Waals surface area contributed by atoms with Crippen LogP contribution in [0.25, 0.3) is 0 Å². The molecule has 2 atom stereocenters. The third-order valence-electron chi connectivity index (χ3n) is 5.97. The summed E-state index contributed by atoms with van der Waals surface area (Å²) in [6.45, 7) is 2.80. The molecule has 0 aliphatic carbocycles. The number of hydrogen-bond acceptors (Lipinski definition) is 2. The van der Waals surface area contributed by atoms with Crippen LogP contribution in [0.2, 0.25) is 0 Å². The van der Waals surface area contributed by atoms with Gasteiger partial charge in [-0.2, -0.15) is 13.2 Å². The number of methoxy groups -OCH3 is 1. The predicted molar refractivity (Wildman–Crippen MR) is 115 cm³/mol. The molecule has 1 aliphatic heterocycles. The van der Waals surface area contributed by atoms with E-state index in [2.05, 4.69) is 0 Å². The Morgan fingerprint density at radius 1 is 1.10 bits per heavy atom. The maximum absolute atomic E-state index is 13.9. The Kier molecular flexibility index (Phi) is 6.37. The summed E-state index contributed by atoms with van der Waals surface area (Å²) in [5.74, 6) is -0.311. The summed E-state index contributed by atoms with van der Waals surface area (Å²) >= 11 is 0. The lowest BCUT2D eigenvalue weighted by Crippen LogP contribution is -2.45. The number of halogens is 3. The fourth-order valence-corrected chi connectivity index (χ4v) is 4.13. The van der Waals surface area contributed by atoms with Crippen molar-refractivity contribution in [2.75, 3.05) is 46.2 Å². The molecule has 0 saturated carbocycles. The van der Waals surface area contributed by atoms with Crippen molar-refractivity contribution in [2.45, 2.75) is 25.4 Å². The molecule has 1 heterocycles. The molecule has 0 N–H and O–H groups in total. The van der Waals surface area contributed by atoms with Crippen LogP contribution in [0.5, 0.6) is 5.75 Å².